The van der Waals surface area contributed by atoms with Crippen LogP contribution in [0.1, 0.15) is 33.6 Å². The summed E-state index contributed by atoms with van der Waals surface area (Å²) in [4.78, 5) is 4.26. The Labute approximate surface area is 99.6 Å². The number of rotatable bonds is 4. The van der Waals surface area contributed by atoms with Gasteiger partial charge in [-0.3, -0.25) is 0 Å². The average Bonchev–Trinajstić information content (AvgIpc) is 2.09. The normalized spacial score (nSPS) is 11.5. The van der Waals surface area contributed by atoms with E-state index in [1.54, 1.807) is 6.20 Å². The van der Waals surface area contributed by atoms with Gasteiger partial charge in [-0.15, -0.1) is 0 Å². The summed E-state index contributed by atoms with van der Waals surface area (Å²) >= 11 is 3.34. The van der Waals surface area contributed by atoms with Crippen LogP contribution in [0.15, 0.2) is 16.7 Å². The summed E-state index contributed by atoms with van der Waals surface area (Å²) in [5.41, 5.74) is 6.58. The molecule has 1 aromatic heterocycles. The Morgan fingerprint density at radius 3 is 2.73 bits per heavy atom. The van der Waals surface area contributed by atoms with Gasteiger partial charge in [-0.2, -0.15) is 0 Å². The molecule has 1 rings (SSSR count). The van der Waals surface area contributed by atoms with Crippen LogP contribution in [0.3, 0.4) is 0 Å². The van der Waals surface area contributed by atoms with Crippen molar-refractivity contribution in [2.75, 3.05) is 11.1 Å². The van der Waals surface area contributed by atoms with Crippen LogP contribution >= 0.6 is 15.9 Å². The number of hydrogen-bond acceptors (Lipinski definition) is 3. The number of pyridine rings is 1. The Balaban J connectivity index is 2.80. The smallest absolute Gasteiger partial charge is 0.149 e. The highest BCUT2D eigenvalue weighted by Crippen LogP contribution is 2.24. The lowest BCUT2D eigenvalue weighted by Crippen LogP contribution is -2.31. The zero-order chi connectivity index (χ0) is 11.5. The van der Waals surface area contributed by atoms with E-state index in [2.05, 4.69) is 47.0 Å². The number of nitrogens with zero attached hydrogens (tertiary/aromatic N) is 1. The Morgan fingerprint density at radius 1 is 1.53 bits per heavy atom. The van der Waals surface area contributed by atoms with Crippen molar-refractivity contribution in [2.24, 2.45) is 0 Å². The molecule has 1 aromatic rings. The maximum atomic E-state index is 5.87. The standard InChI is InChI=1S/C11H18BrN3/c1-4-5-11(2,3)15-10-9(13)6-8(12)7-14-10/h6-7H,4-5,13H2,1-3H3,(H,14,15). The van der Waals surface area contributed by atoms with Gasteiger partial charge in [-0.05, 0) is 42.3 Å². The molecular weight excluding hydrogens is 254 g/mol. The van der Waals surface area contributed by atoms with Crippen LogP contribution in [0.2, 0.25) is 0 Å². The molecule has 3 nitrogen and oxygen atoms in total. The molecule has 0 aliphatic carbocycles. The van der Waals surface area contributed by atoms with Crippen LogP contribution in [0.4, 0.5) is 11.5 Å². The fraction of sp³-hybridized carbons (Fsp3) is 0.545. The molecule has 1 heterocycles. The van der Waals surface area contributed by atoms with Crippen molar-refractivity contribution < 1.29 is 0 Å². The topological polar surface area (TPSA) is 50.9 Å². The highest BCUT2D eigenvalue weighted by Gasteiger charge is 2.17. The first-order valence-corrected chi connectivity index (χ1v) is 5.93. The first-order valence-electron chi connectivity index (χ1n) is 5.14. The second-order valence-corrected chi connectivity index (χ2v) is 5.27. The van der Waals surface area contributed by atoms with Crippen LogP contribution in [-0.4, -0.2) is 10.5 Å². The molecule has 0 fully saturated rings. The minimum absolute atomic E-state index is 0.0314. The van der Waals surface area contributed by atoms with Gasteiger partial charge in [0.2, 0.25) is 0 Å². The Bertz CT molecular complexity index is 337. The molecule has 0 unspecified atom stereocenters. The van der Waals surface area contributed by atoms with E-state index in [4.69, 9.17) is 5.73 Å². The molecule has 0 aliphatic heterocycles. The monoisotopic (exact) mass is 271 g/mol. The van der Waals surface area contributed by atoms with Gasteiger partial charge in [0.05, 0.1) is 5.69 Å². The molecule has 4 heteroatoms. The van der Waals surface area contributed by atoms with E-state index in [-0.39, 0.29) is 5.54 Å². The van der Waals surface area contributed by atoms with Crippen molar-refractivity contribution in [1.29, 1.82) is 0 Å². The van der Waals surface area contributed by atoms with E-state index in [1.165, 1.54) is 0 Å². The lowest BCUT2D eigenvalue weighted by molar-refractivity contribution is 0.509. The van der Waals surface area contributed by atoms with Gasteiger partial charge in [-0.1, -0.05) is 13.3 Å². The molecule has 0 saturated heterocycles. The van der Waals surface area contributed by atoms with Gasteiger partial charge in [0, 0.05) is 16.2 Å². The average molecular weight is 272 g/mol. The predicted molar refractivity (Wildman–Crippen MR) is 69.0 cm³/mol. The van der Waals surface area contributed by atoms with E-state index < -0.39 is 0 Å². The molecule has 0 amide bonds. The quantitative estimate of drug-likeness (QED) is 0.883. The van der Waals surface area contributed by atoms with Crippen molar-refractivity contribution in [2.45, 2.75) is 39.2 Å². The SMILES string of the molecule is CCCC(C)(C)Nc1ncc(Br)cc1N. The lowest BCUT2D eigenvalue weighted by atomic mass is 9.99. The summed E-state index contributed by atoms with van der Waals surface area (Å²) < 4.78 is 0.902. The predicted octanol–water partition coefficient (Wildman–Crippen LogP) is 3.42. The van der Waals surface area contributed by atoms with Gasteiger partial charge in [0.15, 0.2) is 0 Å². The highest BCUT2D eigenvalue weighted by atomic mass is 79.9. The molecule has 3 N–H and O–H groups in total. The number of anilines is 2. The zero-order valence-electron chi connectivity index (χ0n) is 9.47. The van der Waals surface area contributed by atoms with Crippen LogP contribution in [0.25, 0.3) is 0 Å². The number of hydrogen-bond donors (Lipinski definition) is 2. The van der Waals surface area contributed by atoms with Crippen molar-refractivity contribution in [1.82, 2.24) is 4.98 Å². The Morgan fingerprint density at radius 2 is 2.20 bits per heavy atom. The van der Waals surface area contributed by atoms with Crippen molar-refractivity contribution in [3.8, 4) is 0 Å². The third-order valence-electron chi connectivity index (χ3n) is 2.22. The Kier molecular flexibility index (Phi) is 3.97. The van der Waals surface area contributed by atoms with E-state index in [1.807, 2.05) is 6.07 Å². The zero-order valence-corrected chi connectivity index (χ0v) is 11.1. The summed E-state index contributed by atoms with van der Waals surface area (Å²) in [6, 6.07) is 1.86. The number of halogens is 1. The molecule has 0 radical (unpaired) electrons. The summed E-state index contributed by atoms with van der Waals surface area (Å²) in [6.07, 6.45) is 3.97. The van der Waals surface area contributed by atoms with E-state index in [9.17, 15) is 0 Å². The van der Waals surface area contributed by atoms with Crippen LogP contribution < -0.4 is 11.1 Å². The summed E-state index contributed by atoms with van der Waals surface area (Å²) in [5, 5.41) is 3.36. The summed E-state index contributed by atoms with van der Waals surface area (Å²) in [6.45, 7) is 6.47. The van der Waals surface area contributed by atoms with Crippen LogP contribution in [0, 0.1) is 0 Å². The van der Waals surface area contributed by atoms with Gasteiger partial charge < -0.3 is 11.1 Å². The molecule has 0 bridgehead atoms. The summed E-state index contributed by atoms with van der Waals surface area (Å²) in [7, 11) is 0. The van der Waals surface area contributed by atoms with Crippen LogP contribution in [0.5, 0.6) is 0 Å². The highest BCUT2D eigenvalue weighted by molar-refractivity contribution is 9.10. The molecular formula is C11H18BrN3. The third kappa shape index (κ3) is 3.70. The molecule has 15 heavy (non-hydrogen) atoms. The molecule has 0 saturated carbocycles. The molecule has 84 valence electrons. The first-order chi connectivity index (χ1) is 6.94. The fourth-order valence-electron chi connectivity index (χ4n) is 1.57. The largest absolute Gasteiger partial charge is 0.396 e. The third-order valence-corrected chi connectivity index (χ3v) is 2.65. The van der Waals surface area contributed by atoms with Crippen molar-refractivity contribution in [3.63, 3.8) is 0 Å². The first kappa shape index (κ1) is 12.3. The fourth-order valence-corrected chi connectivity index (χ4v) is 1.92. The lowest BCUT2D eigenvalue weighted by Gasteiger charge is -2.27. The number of nitrogens with one attached hydrogen (secondary N) is 1. The second kappa shape index (κ2) is 4.84. The summed E-state index contributed by atoms with van der Waals surface area (Å²) in [5.74, 6) is 0.761. The van der Waals surface area contributed by atoms with E-state index >= 15 is 0 Å². The number of nitrogen functional groups attached to an aromatic ring is 1. The molecule has 0 aromatic carbocycles. The van der Waals surface area contributed by atoms with Crippen LogP contribution in [-0.2, 0) is 0 Å². The maximum Gasteiger partial charge on any atom is 0.149 e. The maximum absolute atomic E-state index is 5.87. The van der Waals surface area contributed by atoms with Gasteiger partial charge in [-0.25, -0.2) is 4.98 Å². The van der Waals surface area contributed by atoms with E-state index in [0.717, 1.165) is 23.1 Å². The van der Waals surface area contributed by atoms with Gasteiger partial charge in [0.25, 0.3) is 0 Å². The minimum Gasteiger partial charge on any atom is -0.396 e. The van der Waals surface area contributed by atoms with Gasteiger partial charge >= 0.3 is 0 Å². The van der Waals surface area contributed by atoms with Crippen molar-refractivity contribution >= 4 is 27.4 Å². The molecule has 0 spiro atoms. The van der Waals surface area contributed by atoms with Gasteiger partial charge in [0.1, 0.15) is 5.82 Å². The van der Waals surface area contributed by atoms with E-state index in [0.29, 0.717) is 5.69 Å². The molecule has 0 aliphatic rings. The molecule has 0 atom stereocenters. The van der Waals surface area contributed by atoms with Crippen molar-refractivity contribution in [3.05, 3.63) is 16.7 Å². The number of aromatic nitrogens is 1. The number of nitrogens with two attached hydrogens (primary N) is 1. The minimum atomic E-state index is 0.0314. The Hall–Kier alpha value is -0.770. The second-order valence-electron chi connectivity index (χ2n) is 4.35.